The Kier molecular flexibility index (Phi) is 8.12. The van der Waals surface area contributed by atoms with Crippen molar-refractivity contribution in [2.24, 2.45) is 29.1 Å². The van der Waals surface area contributed by atoms with Crippen LogP contribution < -0.4 is 0 Å². The van der Waals surface area contributed by atoms with E-state index in [9.17, 15) is 4.79 Å². The Labute approximate surface area is 200 Å². The molecule has 184 valence electrons. The fourth-order valence-electron chi connectivity index (χ4n) is 5.66. The van der Waals surface area contributed by atoms with Gasteiger partial charge < -0.3 is 14.2 Å². The van der Waals surface area contributed by atoms with E-state index in [1.807, 2.05) is 34.6 Å². The van der Waals surface area contributed by atoms with Crippen molar-refractivity contribution in [3.8, 4) is 6.07 Å². The first-order chi connectivity index (χ1) is 15.5. The van der Waals surface area contributed by atoms with Crippen molar-refractivity contribution < 1.29 is 19.0 Å². The van der Waals surface area contributed by atoms with Crippen LogP contribution in [0.15, 0.2) is 23.8 Å². The molecule has 0 aromatic carbocycles. The maximum Gasteiger partial charge on any atom is 0.311 e. The topological polar surface area (TPSA) is 68.6 Å². The minimum atomic E-state index is -0.669. The van der Waals surface area contributed by atoms with Crippen LogP contribution in [0.3, 0.4) is 0 Å². The predicted molar refractivity (Wildman–Crippen MR) is 129 cm³/mol. The normalized spacial score (nSPS) is 35.8. The van der Waals surface area contributed by atoms with Gasteiger partial charge in [0.25, 0.3) is 0 Å². The first-order valence-electron chi connectivity index (χ1n) is 12.8. The molecule has 0 radical (unpaired) electrons. The maximum absolute atomic E-state index is 13.0. The van der Waals surface area contributed by atoms with Gasteiger partial charge in [-0.3, -0.25) is 4.79 Å². The van der Waals surface area contributed by atoms with Crippen LogP contribution in [0.1, 0.15) is 87.0 Å². The third-order valence-electron chi connectivity index (χ3n) is 7.86. The Morgan fingerprint density at radius 1 is 1.21 bits per heavy atom. The standard InChI is InChI=1S/C28H43NO4/c1-8-27(4,5)26(30)31-24-16-18(2)15-20-10-9-19(3)23(25(20)24)12-11-21-17-22(13-14-29)33-28(6,7)32-21/h9-10,15,18-19,21-25H,8,11-13,16-17H2,1-7H3/t18?,19?,21-,22+,23?,24?,25?/m1/s1. The van der Waals surface area contributed by atoms with Gasteiger partial charge in [-0.25, -0.2) is 0 Å². The van der Waals surface area contributed by atoms with Gasteiger partial charge in [-0.05, 0) is 76.7 Å². The van der Waals surface area contributed by atoms with Gasteiger partial charge in [0, 0.05) is 12.3 Å². The lowest BCUT2D eigenvalue weighted by Gasteiger charge is -2.45. The molecule has 3 aliphatic rings. The number of hydrogen-bond acceptors (Lipinski definition) is 5. The summed E-state index contributed by atoms with van der Waals surface area (Å²) in [5.74, 6) is 0.657. The number of carbonyl (C=O) groups is 1. The van der Waals surface area contributed by atoms with Gasteiger partial charge in [0.15, 0.2) is 5.79 Å². The van der Waals surface area contributed by atoms with E-state index in [1.54, 1.807) is 0 Å². The molecule has 2 aliphatic carbocycles. The van der Waals surface area contributed by atoms with E-state index in [1.165, 1.54) is 5.57 Å². The highest BCUT2D eigenvalue weighted by Gasteiger charge is 2.43. The van der Waals surface area contributed by atoms with E-state index < -0.39 is 11.2 Å². The molecule has 1 heterocycles. The predicted octanol–water partition coefficient (Wildman–Crippen LogP) is 6.34. The lowest BCUT2D eigenvalue weighted by molar-refractivity contribution is -0.299. The third kappa shape index (κ3) is 6.28. The van der Waals surface area contributed by atoms with Crippen molar-refractivity contribution in [3.63, 3.8) is 0 Å². The summed E-state index contributed by atoms with van der Waals surface area (Å²) in [6.45, 7) is 14.3. The lowest BCUT2D eigenvalue weighted by atomic mass is 9.65. The zero-order chi connectivity index (χ0) is 24.4. The number of hydrogen-bond donors (Lipinski definition) is 0. The number of nitrogens with zero attached hydrogens (tertiary/aromatic N) is 1. The third-order valence-corrected chi connectivity index (χ3v) is 7.86. The first kappa shape index (κ1) is 26.0. The fourth-order valence-corrected chi connectivity index (χ4v) is 5.66. The summed E-state index contributed by atoms with van der Waals surface area (Å²) in [4.78, 5) is 13.0. The number of carbonyl (C=O) groups excluding carboxylic acids is 1. The number of allylic oxidation sites excluding steroid dienone is 3. The second-order valence-corrected chi connectivity index (χ2v) is 11.5. The molecule has 5 unspecified atom stereocenters. The molecular weight excluding hydrogens is 414 g/mol. The summed E-state index contributed by atoms with van der Waals surface area (Å²) in [5, 5.41) is 9.14. The van der Waals surface area contributed by atoms with Gasteiger partial charge in [0.05, 0.1) is 30.1 Å². The van der Waals surface area contributed by atoms with Crippen molar-refractivity contribution >= 4 is 5.97 Å². The van der Waals surface area contributed by atoms with Crippen LogP contribution in [0.4, 0.5) is 0 Å². The Balaban J connectivity index is 1.76. The average Bonchev–Trinajstić information content (AvgIpc) is 2.72. The van der Waals surface area contributed by atoms with Crippen LogP contribution in [0.5, 0.6) is 0 Å². The van der Waals surface area contributed by atoms with E-state index in [-0.39, 0.29) is 30.2 Å². The highest BCUT2D eigenvalue weighted by Crippen LogP contribution is 2.46. The van der Waals surface area contributed by atoms with E-state index in [2.05, 4.69) is 38.1 Å². The molecule has 1 fully saturated rings. The monoisotopic (exact) mass is 457 g/mol. The number of ether oxygens (including phenoxy) is 3. The zero-order valence-corrected chi connectivity index (χ0v) is 21.6. The summed E-state index contributed by atoms with van der Waals surface area (Å²) in [5.41, 5.74) is 0.854. The first-order valence-corrected chi connectivity index (χ1v) is 12.8. The average molecular weight is 458 g/mol. The van der Waals surface area contributed by atoms with Crippen LogP contribution in [-0.2, 0) is 19.0 Å². The molecule has 0 spiro atoms. The van der Waals surface area contributed by atoms with Crippen LogP contribution in [0.2, 0.25) is 0 Å². The van der Waals surface area contributed by atoms with Gasteiger partial charge in [0.2, 0.25) is 0 Å². The van der Waals surface area contributed by atoms with Crippen LogP contribution in [0.25, 0.3) is 0 Å². The molecule has 1 aliphatic heterocycles. The second kappa shape index (κ2) is 10.3. The largest absolute Gasteiger partial charge is 0.461 e. The van der Waals surface area contributed by atoms with Crippen LogP contribution in [-0.4, -0.2) is 30.1 Å². The zero-order valence-electron chi connectivity index (χ0n) is 21.6. The quantitative estimate of drug-likeness (QED) is 0.417. The molecule has 0 bridgehead atoms. The van der Waals surface area contributed by atoms with Crippen molar-refractivity contribution in [2.75, 3.05) is 0 Å². The summed E-state index contributed by atoms with van der Waals surface area (Å²) in [6.07, 6.45) is 11.5. The van der Waals surface area contributed by atoms with Crippen LogP contribution in [0, 0.1) is 40.4 Å². The minimum Gasteiger partial charge on any atom is -0.461 e. The van der Waals surface area contributed by atoms with Crippen molar-refractivity contribution in [1.29, 1.82) is 5.26 Å². The van der Waals surface area contributed by atoms with E-state index in [4.69, 9.17) is 19.5 Å². The SMILES string of the molecule is CCC(C)(C)C(=O)OC1CC(C)C=C2C=CC(C)C(CC[C@@H]3C[C@H](CC#N)OC(C)(C)O3)C21. The molecule has 0 N–H and O–H groups in total. The molecule has 5 nitrogen and oxygen atoms in total. The van der Waals surface area contributed by atoms with Gasteiger partial charge in [0.1, 0.15) is 6.10 Å². The highest BCUT2D eigenvalue weighted by molar-refractivity contribution is 5.76. The molecule has 0 aromatic heterocycles. The number of rotatable bonds is 7. The van der Waals surface area contributed by atoms with Crippen molar-refractivity contribution in [3.05, 3.63) is 23.8 Å². The Hall–Kier alpha value is -1.64. The smallest absolute Gasteiger partial charge is 0.311 e. The number of fused-ring (bicyclic) bond motifs is 1. The minimum absolute atomic E-state index is 0.0696. The van der Waals surface area contributed by atoms with Crippen LogP contribution >= 0.6 is 0 Å². The molecule has 3 rings (SSSR count). The molecule has 5 heteroatoms. The number of nitriles is 1. The van der Waals surface area contributed by atoms with E-state index in [0.29, 0.717) is 24.2 Å². The molecule has 33 heavy (non-hydrogen) atoms. The van der Waals surface area contributed by atoms with E-state index >= 15 is 0 Å². The van der Waals surface area contributed by atoms with Crippen molar-refractivity contribution in [1.82, 2.24) is 0 Å². The Morgan fingerprint density at radius 3 is 2.58 bits per heavy atom. The van der Waals surface area contributed by atoms with Crippen molar-refractivity contribution in [2.45, 2.75) is 111 Å². The summed E-state index contributed by atoms with van der Waals surface area (Å²) >= 11 is 0. The second-order valence-electron chi connectivity index (χ2n) is 11.5. The lowest BCUT2D eigenvalue weighted by Crippen LogP contribution is -2.45. The van der Waals surface area contributed by atoms with Gasteiger partial charge in [-0.15, -0.1) is 0 Å². The van der Waals surface area contributed by atoms with Gasteiger partial charge >= 0.3 is 5.97 Å². The number of esters is 1. The molecule has 1 saturated heterocycles. The van der Waals surface area contributed by atoms with Gasteiger partial charge in [-0.2, -0.15) is 5.26 Å². The fraction of sp³-hybridized carbons (Fsp3) is 0.786. The molecule has 0 amide bonds. The molecule has 0 aromatic rings. The molecule has 7 atom stereocenters. The Bertz CT molecular complexity index is 805. The summed E-state index contributed by atoms with van der Waals surface area (Å²) < 4.78 is 18.4. The molecule has 0 saturated carbocycles. The van der Waals surface area contributed by atoms with Gasteiger partial charge in [-0.1, -0.05) is 39.0 Å². The maximum atomic E-state index is 13.0. The highest BCUT2D eigenvalue weighted by atomic mass is 16.7. The molecular formula is C28H43NO4. The Morgan fingerprint density at radius 2 is 1.91 bits per heavy atom. The summed E-state index contributed by atoms with van der Waals surface area (Å²) in [7, 11) is 0. The summed E-state index contributed by atoms with van der Waals surface area (Å²) in [6, 6.07) is 2.24. The van der Waals surface area contributed by atoms with E-state index in [0.717, 1.165) is 32.1 Å².